The number of rotatable bonds is 9. The van der Waals surface area contributed by atoms with E-state index >= 15 is 0 Å². The lowest BCUT2D eigenvalue weighted by atomic mass is 10.1. The molecule has 0 aliphatic carbocycles. The molecule has 1 aliphatic rings. The van der Waals surface area contributed by atoms with Gasteiger partial charge in [0.25, 0.3) is 0 Å². The van der Waals surface area contributed by atoms with Crippen LogP contribution in [-0.4, -0.2) is 54.1 Å². The number of aliphatic imine (C=N–C) groups is 1. The van der Waals surface area contributed by atoms with E-state index in [0.29, 0.717) is 6.54 Å². The molecule has 0 spiro atoms. The lowest BCUT2D eigenvalue weighted by molar-refractivity contribution is 0.195. The Hall–Kier alpha value is -1.88. The Balaban J connectivity index is 0.00000300. The summed E-state index contributed by atoms with van der Waals surface area (Å²) in [6, 6.07) is 6.46. The lowest BCUT2D eigenvalue weighted by Crippen LogP contribution is -2.39. The summed E-state index contributed by atoms with van der Waals surface area (Å²) < 4.78 is 12.6. The molecule has 9 heteroatoms. The second kappa shape index (κ2) is 12.0. The van der Waals surface area contributed by atoms with E-state index in [1.165, 1.54) is 11.1 Å². The zero-order chi connectivity index (χ0) is 19.8. The number of aromatic nitrogens is 3. The largest absolute Gasteiger partial charge is 0.493 e. The Morgan fingerprint density at radius 1 is 1.28 bits per heavy atom. The number of benzene rings is 1. The molecule has 0 atom stereocenters. The number of halogens is 1. The summed E-state index contributed by atoms with van der Waals surface area (Å²) in [5.41, 5.74) is 2.61. The van der Waals surface area contributed by atoms with Crippen LogP contribution in [0.5, 0.6) is 5.75 Å². The van der Waals surface area contributed by atoms with Crippen molar-refractivity contribution in [2.75, 3.05) is 33.4 Å². The minimum absolute atomic E-state index is 0. The highest BCUT2D eigenvalue weighted by atomic mass is 127. The van der Waals surface area contributed by atoms with Crippen molar-refractivity contribution in [1.82, 2.24) is 25.4 Å². The maximum atomic E-state index is 5.58. The normalized spacial score (nSPS) is 12.9. The first-order valence-electron chi connectivity index (χ1n) is 9.78. The third-order valence-corrected chi connectivity index (χ3v) is 4.84. The second-order valence-electron chi connectivity index (χ2n) is 6.88. The topological polar surface area (TPSA) is 85.6 Å². The average molecular weight is 514 g/mol. The summed E-state index contributed by atoms with van der Waals surface area (Å²) in [4.78, 5) is 4.67. The van der Waals surface area contributed by atoms with Crippen LogP contribution in [0, 0.1) is 6.92 Å². The van der Waals surface area contributed by atoms with E-state index in [1.807, 2.05) is 18.5 Å². The first-order valence-corrected chi connectivity index (χ1v) is 9.78. The molecule has 3 rings (SSSR count). The van der Waals surface area contributed by atoms with Crippen molar-refractivity contribution in [1.29, 1.82) is 0 Å². The number of nitrogens with one attached hydrogen (secondary N) is 2. The average Bonchev–Trinajstić information content (AvgIpc) is 3.29. The van der Waals surface area contributed by atoms with Gasteiger partial charge in [-0.25, -0.2) is 4.99 Å². The Kier molecular flexibility index (Phi) is 9.65. The number of methoxy groups -OCH3 is 1. The van der Waals surface area contributed by atoms with Crippen molar-refractivity contribution in [3.05, 3.63) is 41.0 Å². The fraction of sp³-hybridized carbons (Fsp3) is 0.550. The number of aryl methyl sites for hydroxylation is 1. The van der Waals surface area contributed by atoms with Crippen LogP contribution in [-0.2, 0) is 31.2 Å². The zero-order valence-corrected chi connectivity index (χ0v) is 19.7. The van der Waals surface area contributed by atoms with Crippen LogP contribution in [0.3, 0.4) is 0 Å². The molecule has 29 heavy (non-hydrogen) atoms. The molecular weight excluding hydrogens is 483 g/mol. The zero-order valence-electron chi connectivity index (χ0n) is 17.4. The Labute approximate surface area is 189 Å². The van der Waals surface area contributed by atoms with Gasteiger partial charge < -0.3 is 24.7 Å². The number of guanidine groups is 1. The van der Waals surface area contributed by atoms with Crippen LogP contribution in [0.15, 0.2) is 23.2 Å². The van der Waals surface area contributed by atoms with Crippen molar-refractivity contribution < 1.29 is 9.47 Å². The van der Waals surface area contributed by atoms with E-state index in [2.05, 4.69) is 44.0 Å². The SMILES string of the molecule is COCCCNC(=NCc1nnc(C)n1C)NCCc1ccc2c(c1)CCO2.I. The van der Waals surface area contributed by atoms with E-state index in [1.54, 1.807) is 7.11 Å². The predicted octanol–water partition coefficient (Wildman–Crippen LogP) is 1.99. The summed E-state index contributed by atoms with van der Waals surface area (Å²) in [5.74, 6) is 3.53. The van der Waals surface area contributed by atoms with E-state index in [4.69, 9.17) is 9.47 Å². The van der Waals surface area contributed by atoms with Crippen LogP contribution >= 0.6 is 24.0 Å². The highest BCUT2D eigenvalue weighted by molar-refractivity contribution is 14.0. The molecule has 1 aromatic carbocycles. The van der Waals surface area contributed by atoms with Gasteiger partial charge in [0.2, 0.25) is 0 Å². The summed E-state index contributed by atoms with van der Waals surface area (Å²) in [7, 11) is 3.67. The fourth-order valence-electron chi connectivity index (χ4n) is 3.06. The molecule has 2 N–H and O–H groups in total. The van der Waals surface area contributed by atoms with Crippen molar-refractivity contribution in [2.24, 2.45) is 12.0 Å². The molecule has 0 unspecified atom stereocenters. The molecule has 8 nitrogen and oxygen atoms in total. The molecular formula is C20H31IN6O2. The second-order valence-corrected chi connectivity index (χ2v) is 6.88. The van der Waals surface area contributed by atoms with Crippen LogP contribution in [0.4, 0.5) is 0 Å². The molecule has 0 saturated carbocycles. The number of ether oxygens (including phenoxy) is 2. The van der Waals surface area contributed by atoms with E-state index in [9.17, 15) is 0 Å². The van der Waals surface area contributed by atoms with Crippen molar-refractivity contribution in [3.63, 3.8) is 0 Å². The van der Waals surface area contributed by atoms with Crippen LogP contribution in [0.25, 0.3) is 0 Å². The van der Waals surface area contributed by atoms with Crippen LogP contribution in [0.2, 0.25) is 0 Å². The van der Waals surface area contributed by atoms with Gasteiger partial charge >= 0.3 is 0 Å². The molecule has 0 saturated heterocycles. The molecule has 0 amide bonds. The highest BCUT2D eigenvalue weighted by Gasteiger charge is 2.12. The maximum absolute atomic E-state index is 5.58. The number of fused-ring (bicyclic) bond motifs is 1. The maximum Gasteiger partial charge on any atom is 0.191 e. The van der Waals surface area contributed by atoms with Gasteiger partial charge in [-0.1, -0.05) is 12.1 Å². The van der Waals surface area contributed by atoms with Gasteiger partial charge in [0.1, 0.15) is 18.1 Å². The van der Waals surface area contributed by atoms with Gasteiger partial charge in [0.05, 0.1) is 6.61 Å². The first-order chi connectivity index (χ1) is 13.7. The van der Waals surface area contributed by atoms with Crippen molar-refractivity contribution in [3.8, 4) is 5.75 Å². The molecule has 1 aliphatic heterocycles. The van der Waals surface area contributed by atoms with Crippen LogP contribution < -0.4 is 15.4 Å². The van der Waals surface area contributed by atoms with Crippen molar-refractivity contribution >= 4 is 29.9 Å². The third kappa shape index (κ3) is 6.84. The molecule has 0 bridgehead atoms. The minimum Gasteiger partial charge on any atom is -0.493 e. The van der Waals surface area contributed by atoms with Gasteiger partial charge in [-0.05, 0) is 37.0 Å². The van der Waals surface area contributed by atoms with Gasteiger partial charge in [-0.3, -0.25) is 0 Å². The summed E-state index contributed by atoms with van der Waals surface area (Å²) >= 11 is 0. The van der Waals surface area contributed by atoms with E-state index < -0.39 is 0 Å². The standard InChI is InChI=1S/C20H30N6O2.HI/c1-15-24-25-19(26(15)2)14-23-20(21-9-4-11-27-3)22-10-7-16-5-6-18-17(13-16)8-12-28-18;/h5-6,13H,4,7-12,14H2,1-3H3,(H2,21,22,23);1H. The Bertz CT molecular complexity index is 808. The minimum atomic E-state index is 0. The molecule has 2 heterocycles. The molecule has 160 valence electrons. The van der Waals surface area contributed by atoms with Crippen molar-refractivity contribution in [2.45, 2.75) is 32.7 Å². The third-order valence-electron chi connectivity index (χ3n) is 4.84. The van der Waals surface area contributed by atoms with Gasteiger partial charge in [-0.2, -0.15) is 0 Å². The highest BCUT2D eigenvalue weighted by Crippen LogP contribution is 2.25. The monoisotopic (exact) mass is 514 g/mol. The number of hydrogen-bond donors (Lipinski definition) is 2. The van der Waals surface area contributed by atoms with Gasteiger partial charge in [0.15, 0.2) is 11.8 Å². The van der Waals surface area contributed by atoms with Gasteiger partial charge in [-0.15, -0.1) is 34.2 Å². The van der Waals surface area contributed by atoms with Gasteiger partial charge in [0, 0.05) is 40.3 Å². The quantitative estimate of drug-likeness (QED) is 0.231. The smallest absolute Gasteiger partial charge is 0.191 e. The van der Waals surface area contributed by atoms with Crippen LogP contribution in [0.1, 0.15) is 29.2 Å². The Morgan fingerprint density at radius 2 is 2.10 bits per heavy atom. The number of hydrogen-bond acceptors (Lipinski definition) is 5. The fourth-order valence-corrected chi connectivity index (χ4v) is 3.06. The number of nitrogens with zero attached hydrogens (tertiary/aromatic N) is 4. The summed E-state index contributed by atoms with van der Waals surface area (Å²) in [6.45, 7) is 5.53. The molecule has 2 aromatic rings. The Morgan fingerprint density at radius 3 is 2.86 bits per heavy atom. The molecule has 1 aromatic heterocycles. The summed E-state index contributed by atoms with van der Waals surface area (Å²) in [5, 5.41) is 15.0. The predicted molar refractivity (Wildman–Crippen MR) is 124 cm³/mol. The van der Waals surface area contributed by atoms with E-state index in [0.717, 1.165) is 68.9 Å². The molecule has 0 radical (unpaired) electrons. The lowest BCUT2D eigenvalue weighted by Gasteiger charge is -2.13. The van der Waals surface area contributed by atoms with E-state index in [-0.39, 0.29) is 24.0 Å². The first kappa shape index (κ1) is 23.4. The summed E-state index contributed by atoms with van der Waals surface area (Å²) in [6.07, 6.45) is 2.85. The molecule has 0 fully saturated rings.